The molecule has 1 aliphatic rings. The van der Waals surface area contributed by atoms with E-state index in [4.69, 9.17) is 20.3 Å². The number of aliphatic hydroxyl groups is 2. The van der Waals surface area contributed by atoms with Crippen molar-refractivity contribution in [2.75, 3.05) is 6.61 Å². The number of ether oxygens (including phenoxy) is 1. The van der Waals surface area contributed by atoms with E-state index in [0.29, 0.717) is 0 Å². The van der Waals surface area contributed by atoms with Crippen molar-refractivity contribution in [3.8, 4) is 0 Å². The molecule has 1 fully saturated rings. The van der Waals surface area contributed by atoms with Gasteiger partial charge in [-0.2, -0.15) is 0 Å². The summed E-state index contributed by atoms with van der Waals surface area (Å²) in [5.74, 6) is 0. The van der Waals surface area contributed by atoms with Gasteiger partial charge in [-0.05, 0) is 6.92 Å². The number of nitrogens with two attached hydrogens (primary N) is 1. The second-order valence-corrected chi connectivity index (χ2v) is 4.96. The normalized spacial score (nSPS) is 41.0. The van der Waals surface area contributed by atoms with Crippen LogP contribution in [0.25, 0.3) is 0 Å². The number of rotatable bonds is 3. The van der Waals surface area contributed by atoms with E-state index in [1.165, 1.54) is 0 Å². The largest absolute Gasteiger partial charge is 0.469 e. The van der Waals surface area contributed by atoms with Gasteiger partial charge >= 0.3 is 7.82 Å². The number of hydrogen-bond acceptors (Lipinski definition) is 6. The highest BCUT2D eigenvalue weighted by atomic mass is 31.2. The predicted molar refractivity (Wildman–Crippen MR) is 52.3 cm³/mol. The van der Waals surface area contributed by atoms with Gasteiger partial charge in [0.05, 0.1) is 18.8 Å². The molecular formula is C7H16NO7P. The van der Waals surface area contributed by atoms with Crippen LogP contribution in [0.1, 0.15) is 6.92 Å². The first-order valence-corrected chi connectivity index (χ1v) is 6.22. The molecule has 0 saturated carbocycles. The minimum absolute atomic E-state index is 0.514. The molecule has 8 nitrogen and oxygen atoms in total. The van der Waals surface area contributed by atoms with Crippen LogP contribution in [0.3, 0.4) is 0 Å². The maximum absolute atomic E-state index is 10.5. The number of phosphoric acid groups is 1. The molecule has 0 radical (unpaired) electrons. The average molecular weight is 257 g/mol. The zero-order chi connectivity index (χ0) is 12.5. The van der Waals surface area contributed by atoms with Crippen LogP contribution in [0.2, 0.25) is 0 Å². The van der Waals surface area contributed by atoms with Crippen molar-refractivity contribution < 1.29 is 33.8 Å². The van der Waals surface area contributed by atoms with Crippen molar-refractivity contribution in [3.63, 3.8) is 0 Å². The molecule has 0 amide bonds. The first kappa shape index (κ1) is 14.0. The summed E-state index contributed by atoms with van der Waals surface area (Å²) < 4.78 is 19.8. The van der Waals surface area contributed by atoms with Crippen molar-refractivity contribution in [2.45, 2.75) is 37.4 Å². The SMILES string of the molecule is CC1O[C@H](COP(=O)(O)O)[C@@H](O)[C@H](O)[C@H]1N. The second-order valence-electron chi connectivity index (χ2n) is 3.72. The van der Waals surface area contributed by atoms with Gasteiger partial charge in [-0.25, -0.2) is 4.57 Å². The lowest BCUT2D eigenvalue weighted by Gasteiger charge is -2.39. The van der Waals surface area contributed by atoms with Crippen LogP contribution in [0.4, 0.5) is 0 Å². The highest BCUT2D eigenvalue weighted by molar-refractivity contribution is 7.46. The van der Waals surface area contributed by atoms with Crippen molar-refractivity contribution >= 4 is 7.82 Å². The van der Waals surface area contributed by atoms with Crippen molar-refractivity contribution in [2.24, 2.45) is 5.73 Å². The predicted octanol–water partition coefficient (Wildman–Crippen LogP) is -2.07. The van der Waals surface area contributed by atoms with Crippen molar-refractivity contribution in [3.05, 3.63) is 0 Å². The third-order valence-electron chi connectivity index (χ3n) is 2.46. The van der Waals surface area contributed by atoms with Gasteiger partial charge in [-0.1, -0.05) is 0 Å². The van der Waals surface area contributed by atoms with Gasteiger partial charge in [0, 0.05) is 0 Å². The van der Waals surface area contributed by atoms with E-state index in [9.17, 15) is 14.8 Å². The lowest BCUT2D eigenvalue weighted by molar-refractivity contribution is -0.182. The Morgan fingerprint density at radius 2 is 1.94 bits per heavy atom. The van der Waals surface area contributed by atoms with Crippen LogP contribution in [0.5, 0.6) is 0 Å². The smallest absolute Gasteiger partial charge is 0.389 e. The molecule has 0 aromatic carbocycles. The molecule has 0 aromatic rings. The zero-order valence-corrected chi connectivity index (χ0v) is 9.53. The van der Waals surface area contributed by atoms with Crippen molar-refractivity contribution in [1.82, 2.24) is 0 Å². The van der Waals surface area contributed by atoms with Crippen LogP contribution in [-0.2, 0) is 13.8 Å². The average Bonchev–Trinajstić information content (AvgIpc) is 2.17. The van der Waals surface area contributed by atoms with E-state index in [-0.39, 0.29) is 0 Å². The Morgan fingerprint density at radius 1 is 1.38 bits per heavy atom. The molecule has 5 atom stereocenters. The van der Waals surface area contributed by atoms with Crippen LogP contribution in [-0.4, -0.2) is 57.1 Å². The number of hydrogen-bond donors (Lipinski definition) is 5. The Bertz CT molecular complexity index is 282. The van der Waals surface area contributed by atoms with E-state index in [0.717, 1.165) is 0 Å². The fourth-order valence-corrected chi connectivity index (χ4v) is 1.82. The highest BCUT2D eigenvalue weighted by Gasteiger charge is 2.41. The fourth-order valence-electron chi connectivity index (χ4n) is 1.48. The number of phosphoric ester groups is 1. The Hall–Kier alpha value is -0.0500. The molecule has 0 bridgehead atoms. The lowest BCUT2D eigenvalue weighted by atomic mass is 9.94. The highest BCUT2D eigenvalue weighted by Crippen LogP contribution is 2.36. The van der Waals surface area contributed by atoms with Gasteiger partial charge in [-0.15, -0.1) is 0 Å². The standard InChI is InChI=1S/C7H16NO7P/c1-3-5(8)7(10)6(9)4(15-3)2-14-16(11,12)13/h3-7,9-10H,2,8H2,1H3,(H2,11,12,13)/t3?,4-,5+,6-,7-/m1/s1. The zero-order valence-electron chi connectivity index (χ0n) is 8.63. The monoisotopic (exact) mass is 257 g/mol. The molecule has 0 aliphatic carbocycles. The Kier molecular flexibility index (Phi) is 4.44. The van der Waals surface area contributed by atoms with Crippen LogP contribution >= 0.6 is 7.82 Å². The molecular weight excluding hydrogens is 241 g/mol. The quantitative estimate of drug-likeness (QED) is 0.363. The summed E-state index contributed by atoms with van der Waals surface area (Å²) in [6.45, 7) is 1.07. The maximum Gasteiger partial charge on any atom is 0.469 e. The molecule has 16 heavy (non-hydrogen) atoms. The van der Waals surface area contributed by atoms with Gasteiger partial charge in [0.25, 0.3) is 0 Å². The molecule has 1 aliphatic heterocycles. The molecule has 0 spiro atoms. The Labute approximate surface area is 92.2 Å². The summed E-state index contributed by atoms with van der Waals surface area (Å²) in [6, 6.07) is -0.749. The van der Waals surface area contributed by atoms with Crippen LogP contribution in [0.15, 0.2) is 0 Å². The summed E-state index contributed by atoms with van der Waals surface area (Å²) >= 11 is 0. The van der Waals surface area contributed by atoms with Crippen molar-refractivity contribution in [1.29, 1.82) is 0 Å². The van der Waals surface area contributed by atoms with E-state index in [1.807, 2.05) is 0 Å². The Balaban J connectivity index is 2.57. The lowest BCUT2D eigenvalue weighted by Crippen LogP contribution is -2.61. The second kappa shape index (κ2) is 5.07. The summed E-state index contributed by atoms with van der Waals surface area (Å²) in [7, 11) is -4.62. The molecule has 1 heterocycles. The van der Waals surface area contributed by atoms with E-state index in [2.05, 4.69) is 4.52 Å². The minimum Gasteiger partial charge on any atom is -0.389 e. The summed E-state index contributed by atoms with van der Waals surface area (Å²) in [6.07, 6.45) is -4.10. The Morgan fingerprint density at radius 3 is 2.44 bits per heavy atom. The van der Waals surface area contributed by atoms with E-state index in [1.54, 1.807) is 6.92 Å². The van der Waals surface area contributed by atoms with Gasteiger partial charge in [0.2, 0.25) is 0 Å². The molecule has 1 saturated heterocycles. The summed E-state index contributed by atoms with van der Waals surface area (Å²) in [5, 5.41) is 19.0. The molecule has 1 unspecified atom stereocenters. The molecule has 96 valence electrons. The third kappa shape index (κ3) is 3.47. The fraction of sp³-hybridized carbons (Fsp3) is 1.00. The van der Waals surface area contributed by atoms with E-state index >= 15 is 0 Å². The third-order valence-corrected chi connectivity index (χ3v) is 2.95. The molecule has 1 rings (SSSR count). The van der Waals surface area contributed by atoms with Crippen LogP contribution < -0.4 is 5.73 Å². The van der Waals surface area contributed by atoms with Gasteiger partial charge in [0.1, 0.15) is 18.3 Å². The van der Waals surface area contributed by atoms with Gasteiger partial charge in [0.15, 0.2) is 0 Å². The maximum atomic E-state index is 10.5. The topological polar surface area (TPSA) is 142 Å². The van der Waals surface area contributed by atoms with Gasteiger partial charge in [-0.3, -0.25) is 4.52 Å². The van der Waals surface area contributed by atoms with Crippen LogP contribution in [0, 0.1) is 0 Å². The van der Waals surface area contributed by atoms with Gasteiger partial charge < -0.3 is 30.5 Å². The summed E-state index contributed by atoms with van der Waals surface area (Å²) in [5.41, 5.74) is 5.53. The number of aliphatic hydroxyl groups excluding tert-OH is 2. The first-order valence-electron chi connectivity index (χ1n) is 4.69. The summed E-state index contributed by atoms with van der Waals surface area (Å²) in [4.78, 5) is 17.0. The molecule has 0 aromatic heterocycles. The van der Waals surface area contributed by atoms with E-state index < -0.39 is 44.9 Å². The minimum atomic E-state index is -4.62. The first-order chi connectivity index (χ1) is 7.22. The molecule has 6 N–H and O–H groups in total. The molecule has 9 heteroatoms.